The Labute approximate surface area is 194 Å². The molecular weight excluding hydrogens is 449 g/mol. The van der Waals surface area contributed by atoms with Crippen LogP contribution in [0.1, 0.15) is 69.8 Å². The Bertz CT molecular complexity index is 1020. The van der Waals surface area contributed by atoms with E-state index in [0.717, 1.165) is 70.2 Å². The van der Waals surface area contributed by atoms with Crippen LogP contribution in [0.2, 0.25) is 0 Å². The first kappa shape index (κ1) is 24.0. The third-order valence-electron chi connectivity index (χ3n) is 6.52. The topological polar surface area (TPSA) is 111 Å². The van der Waals surface area contributed by atoms with Crippen LogP contribution in [0.15, 0.2) is 21.9 Å². The van der Waals surface area contributed by atoms with E-state index in [-0.39, 0.29) is 17.0 Å². The predicted molar refractivity (Wildman–Crippen MR) is 119 cm³/mol. The smallest absolute Gasteiger partial charge is 0.324 e. The van der Waals surface area contributed by atoms with Crippen molar-refractivity contribution in [1.82, 2.24) is 20.1 Å². The zero-order valence-corrected chi connectivity index (χ0v) is 20.2. The van der Waals surface area contributed by atoms with Crippen molar-refractivity contribution >= 4 is 15.9 Å². The standard InChI is InChI=1S/C22H32FN5O4S/c1-22(2,23)20-26-21(32-27-20)28-10-8-15(9-11-28)14-31-17-6-4-16(5-7-17)18-12-25-19(13-24-18)33(3,29)30/h12-13,15-17H,4-11,14H2,1-3H3/t16-,17-. The highest BCUT2D eigenvalue weighted by Gasteiger charge is 2.30. The lowest BCUT2D eigenvalue weighted by Gasteiger charge is -2.33. The van der Waals surface area contributed by atoms with Crippen molar-refractivity contribution in [2.24, 2.45) is 5.92 Å². The molecule has 2 aromatic heterocycles. The fourth-order valence-corrected chi connectivity index (χ4v) is 4.89. The zero-order chi connectivity index (χ0) is 23.6. The molecule has 2 fully saturated rings. The molecule has 0 aromatic carbocycles. The van der Waals surface area contributed by atoms with Gasteiger partial charge in [-0.15, -0.1) is 0 Å². The zero-order valence-electron chi connectivity index (χ0n) is 19.4. The van der Waals surface area contributed by atoms with Crippen molar-refractivity contribution < 1.29 is 22.1 Å². The molecule has 1 saturated heterocycles. The Kier molecular flexibility index (Phi) is 6.99. The van der Waals surface area contributed by atoms with E-state index < -0.39 is 15.5 Å². The van der Waals surface area contributed by atoms with E-state index in [4.69, 9.17) is 9.26 Å². The number of halogens is 1. The fraction of sp³-hybridized carbons (Fsp3) is 0.727. The lowest BCUT2D eigenvalue weighted by atomic mass is 9.85. The van der Waals surface area contributed by atoms with E-state index in [1.165, 1.54) is 20.0 Å². The molecule has 3 heterocycles. The molecule has 0 amide bonds. The second-order valence-corrected chi connectivity index (χ2v) is 11.6. The molecule has 0 bridgehead atoms. The van der Waals surface area contributed by atoms with E-state index >= 15 is 0 Å². The molecule has 0 N–H and O–H groups in total. The monoisotopic (exact) mass is 481 g/mol. The molecule has 0 atom stereocenters. The van der Waals surface area contributed by atoms with E-state index in [9.17, 15) is 12.8 Å². The van der Waals surface area contributed by atoms with Crippen LogP contribution in [0.5, 0.6) is 0 Å². The number of nitrogens with zero attached hydrogens (tertiary/aromatic N) is 5. The van der Waals surface area contributed by atoms with Gasteiger partial charge in [0, 0.05) is 31.9 Å². The average molecular weight is 482 g/mol. The summed E-state index contributed by atoms with van der Waals surface area (Å²) in [5, 5.41) is 3.77. The number of ether oxygens (including phenoxy) is 1. The van der Waals surface area contributed by atoms with Gasteiger partial charge < -0.3 is 14.2 Å². The minimum atomic E-state index is -3.32. The SMILES string of the molecule is CC(C)(F)c1noc(N2CCC(CO[C@H]3CC[C@H](c4cnc(S(C)(=O)=O)cn4)CC3)CC2)n1. The van der Waals surface area contributed by atoms with Gasteiger partial charge in [-0.3, -0.25) is 4.98 Å². The van der Waals surface area contributed by atoms with E-state index in [1.807, 2.05) is 4.90 Å². The molecule has 0 spiro atoms. The largest absolute Gasteiger partial charge is 0.378 e. The first-order chi connectivity index (χ1) is 15.6. The summed E-state index contributed by atoms with van der Waals surface area (Å²) in [7, 11) is -3.32. The van der Waals surface area contributed by atoms with Gasteiger partial charge in [0.05, 0.1) is 24.2 Å². The Morgan fingerprint density at radius 3 is 2.36 bits per heavy atom. The van der Waals surface area contributed by atoms with Gasteiger partial charge in [0.1, 0.15) is 0 Å². The molecule has 1 aliphatic heterocycles. The second kappa shape index (κ2) is 9.61. The summed E-state index contributed by atoms with van der Waals surface area (Å²) >= 11 is 0. The Balaban J connectivity index is 1.18. The third-order valence-corrected chi connectivity index (χ3v) is 7.49. The maximum absolute atomic E-state index is 14.0. The van der Waals surface area contributed by atoms with Gasteiger partial charge in [0.2, 0.25) is 5.82 Å². The van der Waals surface area contributed by atoms with Gasteiger partial charge in [-0.2, -0.15) is 4.98 Å². The second-order valence-electron chi connectivity index (χ2n) is 9.66. The van der Waals surface area contributed by atoms with Gasteiger partial charge in [-0.05, 0) is 58.3 Å². The van der Waals surface area contributed by atoms with Gasteiger partial charge in [0.25, 0.3) is 0 Å². The molecular formula is C22H32FN5O4S. The first-order valence-corrected chi connectivity index (χ1v) is 13.4. The van der Waals surface area contributed by atoms with E-state index in [1.54, 1.807) is 6.20 Å². The summed E-state index contributed by atoms with van der Waals surface area (Å²) < 4.78 is 48.5. The van der Waals surface area contributed by atoms with Gasteiger partial charge >= 0.3 is 6.01 Å². The lowest BCUT2D eigenvalue weighted by Crippen LogP contribution is -2.36. The summed E-state index contributed by atoms with van der Waals surface area (Å²) in [6.07, 6.45) is 10.1. The third kappa shape index (κ3) is 6.06. The number of piperidine rings is 1. The van der Waals surface area contributed by atoms with Crippen molar-refractivity contribution in [1.29, 1.82) is 0 Å². The van der Waals surface area contributed by atoms with Crippen molar-refractivity contribution in [3.63, 3.8) is 0 Å². The molecule has 0 unspecified atom stereocenters. The number of aromatic nitrogens is 4. The van der Waals surface area contributed by atoms with Gasteiger partial charge in [0.15, 0.2) is 20.5 Å². The molecule has 2 aromatic rings. The number of alkyl halides is 1. The molecule has 4 rings (SSSR count). The number of hydrogen-bond donors (Lipinski definition) is 0. The Morgan fingerprint density at radius 2 is 1.82 bits per heavy atom. The van der Waals surface area contributed by atoms with Crippen LogP contribution in [0.3, 0.4) is 0 Å². The Morgan fingerprint density at radius 1 is 1.12 bits per heavy atom. The molecule has 2 aliphatic rings. The van der Waals surface area contributed by atoms with Crippen molar-refractivity contribution in [3.05, 3.63) is 23.9 Å². The van der Waals surface area contributed by atoms with Gasteiger partial charge in [-0.1, -0.05) is 5.16 Å². The van der Waals surface area contributed by atoms with Crippen LogP contribution in [-0.2, 0) is 20.2 Å². The number of sulfone groups is 1. The number of anilines is 1. The summed E-state index contributed by atoms with van der Waals surface area (Å²) in [4.78, 5) is 14.6. The molecule has 0 radical (unpaired) electrons. The summed E-state index contributed by atoms with van der Waals surface area (Å²) in [6.45, 7) is 5.15. The minimum Gasteiger partial charge on any atom is -0.378 e. The maximum Gasteiger partial charge on any atom is 0.324 e. The van der Waals surface area contributed by atoms with Crippen LogP contribution < -0.4 is 4.90 Å². The first-order valence-electron chi connectivity index (χ1n) is 11.5. The number of hydrogen-bond acceptors (Lipinski definition) is 9. The highest BCUT2D eigenvalue weighted by atomic mass is 32.2. The average Bonchev–Trinajstić information content (AvgIpc) is 3.29. The fourth-order valence-electron chi connectivity index (χ4n) is 4.40. The molecule has 9 nitrogen and oxygen atoms in total. The molecule has 1 saturated carbocycles. The number of rotatable bonds is 7. The van der Waals surface area contributed by atoms with E-state index in [2.05, 4.69) is 20.1 Å². The van der Waals surface area contributed by atoms with Crippen molar-refractivity contribution in [2.45, 2.75) is 75.1 Å². The quantitative estimate of drug-likeness (QED) is 0.587. The normalized spacial score (nSPS) is 23.1. The lowest BCUT2D eigenvalue weighted by molar-refractivity contribution is 0.000227. The van der Waals surface area contributed by atoms with E-state index in [0.29, 0.717) is 17.9 Å². The van der Waals surface area contributed by atoms with Crippen LogP contribution in [0.25, 0.3) is 0 Å². The van der Waals surface area contributed by atoms with Gasteiger partial charge in [-0.25, -0.2) is 17.8 Å². The summed E-state index contributed by atoms with van der Waals surface area (Å²) in [6, 6.07) is 0.390. The van der Waals surface area contributed by atoms with Crippen molar-refractivity contribution in [3.8, 4) is 0 Å². The molecule has 182 valence electrons. The predicted octanol–water partition coefficient (Wildman–Crippen LogP) is 3.43. The molecule has 1 aliphatic carbocycles. The highest BCUT2D eigenvalue weighted by Crippen LogP contribution is 2.34. The van der Waals surface area contributed by atoms with Crippen LogP contribution >= 0.6 is 0 Å². The van der Waals surface area contributed by atoms with Crippen LogP contribution in [-0.4, -0.2) is 60.6 Å². The molecule has 11 heteroatoms. The molecule has 33 heavy (non-hydrogen) atoms. The Hall–Kier alpha value is -2.14. The minimum absolute atomic E-state index is 0.0140. The summed E-state index contributed by atoms with van der Waals surface area (Å²) in [5.41, 5.74) is -0.757. The maximum atomic E-state index is 14.0. The highest BCUT2D eigenvalue weighted by molar-refractivity contribution is 7.90. The van der Waals surface area contributed by atoms with Crippen LogP contribution in [0, 0.1) is 5.92 Å². The summed E-state index contributed by atoms with van der Waals surface area (Å²) in [5.74, 6) is 0.854. The van der Waals surface area contributed by atoms with Crippen molar-refractivity contribution in [2.75, 3.05) is 30.9 Å². The van der Waals surface area contributed by atoms with Crippen LogP contribution in [0.4, 0.5) is 10.4 Å².